The van der Waals surface area contributed by atoms with Gasteiger partial charge in [-0.05, 0) is 11.4 Å². The zero-order chi connectivity index (χ0) is 13.5. The number of rotatable bonds is 3. The fourth-order valence-corrected chi connectivity index (χ4v) is 3.22. The summed E-state index contributed by atoms with van der Waals surface area (Å²) in [6.07, 6.45) is 1.57. The molecule has 3 heterocycles. The lowest BCUT2D eigenvalue weighted by molar-refractivity contribution is 0.0205. The van der Waals surface area contributed by atoms with Crippen LogP contribution in [0.1, 0.15) is 6.42 Å². The summed E-state index contributed by atoms with van der Waals surface area (Å²) in [5.41, 5.74) is 0.671. The molecule has 0 bridgehead atoms. The van der Waals surface area contributed by atoms with Crippen molar-refractivity contribution in [3.8, 4) is 10.6 Å². The van der Waals surface area contributed by atoms with E-state index in [2.05, 4.69) is 15.6 Å². The van der Waals surface area contributed by atoms with Crippen molar-refractivity contribution in [2.24, 2.45) is 0 Å². The van der Waals surface area contributed by atoms with Crippen LogP contribution in [0.15, 0.2) is 17.6 Å². The van der Waals surface area contributed by atoms with Crippen LogP contribution in [0.5, 0.6) is 0 Å². The third kappa shape index (κ3) is 2.77. The number of alkyl halides is 2. The molecule has 0 aliphatic carbocycles. The lowest BCUT2D eigenvalue weighted by Gasteiger charge is -2.09. The Bertz CT molecular complexity index is 583. The van der Waals surface area contributed by atoms with Gasteiger partial charge in [-0.1, -0.05) is 16.8 Å². The molecule has 19 heavy (non-hydrogen) atoms. The highest BCUT2D eigenvalue weighted by atomic mass is 35.5. The van der Waals surface area contributed by atoms with Gasteiger partial charge in [0.1, 0.15) is 5.69 Å². The third-order valence-corrected chi connectivity index (χ3v) is 4.35. The Hall–Kier alpha value is -1.05. The maximum atomic E-state index is 13.1. The van der Waals surface area contributed by atoms with Gasteiger partial charge in [-0.3, -0.25) is 4.68 Å². The molecule has 1 fully saturated rings. The van der Waals surface area contributed by atoms with E-state index in [1.807, 2.05) is 5.38 Å². The summed E-state index contributed by atoms with van der Waals surface area (Å²) in [5.74, 6) is -2.62. The van der Waals surface area contributed by atoms with E-state index >= 15 is 0 Å². The van der Waals surface area contributed by atoms with Crippen molar-refractivity contribution >= 4 is 22.9 Å². The molecule has 1 N–H and O–H groups in total. The number of nitrogens with zero attached hydrogens (tertiary/aromatic N) is 3. The van der Waals surface area contributed by atoms with Crippen LogP contribution in [-0.2, 0) is 6.54 Å². The molecule has 4 nitrogen and oxygen atoms in total. The first kappa shape index (κ1) is 13.0. The zero-order valence-corrected chi connectivity index (χ0v) is 11.4. The monoisotopic (exact) mass is 304 g/mol. The Kier molecular flexibility index (Phi) is 3.28. The molecule has 0 radical (unpaired) electrons. The highest BCUT2D eigenvalue weighted by molar-refractivity contribution is 7.14. The molecular weight excluding hydrogens is 294 g/mol. The molecule has 0 spiro atoms. The first-order chi connectivity index (χ1) is 9.03. The summed E-state index contributed by atoms with van der Waals surface area (Å²) in [6, 6.07) is 1.52. The Morgan fingerprint density at radius 3 is 3.05 bits per heavy atom. The van der Waals surface area contributed by atoms with Gasteiger partial charge in [-0.25, -0.2) is 8.78 Å². The zero-order valence-electron chi connectivity index (χ0n) is 9.81. The van der Waals surface area contributed by atoms with Crippen LogP contribution in [0.25, 0.3) is 10.6 Å². The summed E-state index contributed by atoms with van der Waals surface area (Å²) < 4.78 is 27.7. The van der Waals surface area contributed by atoms with Crippen molar-refractivity contribution in [3.63, 3.8) is 0 Å². The van der Waals surface area contributed by atoms with Crippen LogP contribution in [0.2, 0.25) is 5.02 Å². The van der Waals surface area contributed by atoms with Crippen LogP contribution in [0.4, 0.5) is 8.78 Å². The summed E-state index contributed by atoms with van der Waals surface area (Å²) in [7, 11) is 0. The van der Waals surface area contributed by atoms with Crippen molar-refractivity contribution in [3.05, 3.63) is 22.7 Å². The quantitative estimate of drug-likeness (QED) is 0.948. The van der Waals surface area contributed by atoms with Gasteiger partial charge in [-0.15, -0.1) is 16.4 Å². The van der Waals surface area contributed by atoms with Gasteiger partial charge in [0.05, 0.1) is 29.2 Å². The molecule has 2 aromatic heterocycles. The Balaban J connectivity index is 1.71. The molecule has 102 valence electrons. The molecule has 0 aromatic carbocycles. The predicted octanol–water partition coefficient (Wildman–Crippen LogP) is 2.66. The fraction of sp³-hybridized carbons (Fsp3) is 0.455. The van der Waals surface area contributed by atoms with Crippen LogP contribution in [0, 0.1) is 0 Å². The van der Waals surface area contributed by atoms with Gasteiger partial charge in [0.2, 0.25) is 0 Å². The second-order valence-electron chi connectivity index (χ2n) is 4.56. The standard InChI is InChI=1S/C11H11ClF2N4S/c12-8-1-2-19-10(8)9-5-18(17-16-9)4-7-3-11(13,14)6-15-7/h1-2,5,7,15H,3-4,6H2/t7-/m0/s1. The first-order valence-corrected chi connectivity index (χ1v) is 7.04. The van der Waals surface area contributed by atoms with Crippen molar-refractivity contribution in [1.29, 1.82) is 0 Å². The van der Waals surface area contributed by atoms with Gasteiger partial charge in [0.25, 0.3) is 5.92 Å². The maximum Gasteiger partial charge on any atom is 0.261 e. The highest BCUT2D eigenvalue weighted by Crippen LogP contribution is 2.31. The van der Waals surface area contributed by atoms with E-state index in [-0.39, 0.29) is 19.0 Å². The number of nitrogens with one attached hydrogen (secondary N) is 1. The van der Waals surface area contributed by atoms with E-state index in [1.165, 1.54) is 11.3 Å². The van der Waals surface area contributed by atoms with Gasteiger partial charge in [-0.2, -0.15) is 0 Å². The minimum atomic E-state index is -2.62. The molecular formula is C11H11ClF2N4S. The molecule has 2 aromatic rings. The molecule has 8 heteroatoms. The topological polar surface area (TPSA) is 42.7 Å². The Morgan fingerprint density at radius 1 is 1.58 bits per heavy atom. The summed E-state index contributed by atoms with van der Waals surface area (Å²) in [6.45, 7) is 0.113. The summed E-state index contributed by atoms with van der Waals surface area (Å²) >= 11 is 7.49. The molecule has 0 saturated carbocycles. The van der Waals surface area contributed by atoms with Crippen LogP contribution in [0.3, 0.4) is 0 Å². The molecule has 0 unspecified atom stereocenters. The first-order valence-electron chi connectivity index (χ1n) is 5.78. The molecule has 0 amide bonds. The number of aromatic nitrogens is 3. The summed E-state index contributed by atoms with van der Waals surface area (Å²) in [4.78, 5) is 0.845. The van der Waals surface area contributed by atoms with Gasteiger partial charge in [0, 0.05) is 12.5 Å². The van der Waals surface area contributed by atoms with Gasteiger partial charge < -0.3 is 5.32 Å². The molecule has 1 aliphatic rings. The van der Waals surface area contributed by atoms with Crippen LogP contribution >= 0.6 is 22.9 Å². The lowest BCUT2D eigenvalue weighted by atomic mass is 10.2. The van der Waals surface area contributed by atoms with E-state index in [0.717, 1.165) is 4.88 Å². The van der Waals surface area contributed by atoms with Crippen molar-refractivity contribution in [2.75, 3.05) is 6.54 Å². The average Bonchev–Trinajstić information content (AvgIpc) is 3.01. The summed E-state index contributed by atoms with van der Waals surface area (Å²) in [5, 5.41) is 13.3. The van der Waals surface area contributed by atoms with E-state index < -0.39 is 5.92 Å². The van der Waals surface area contributed by atoms with Gasteiger partial charge >= 0.3 is 0 Å². The minimum Gasteiger partial charge on any atom is -0.306 e. The largest absolute Gasteiger partial charge is 0.306 e. The molecule has 3 rings (SSSR count). The molecule has 1 atom stereocenters. The van der Waals surface area contributed by atoms with E-state index in [0.29, 0.717) is 17.3 Å². The highest BCUT2D eigenvalue weighted by Gasteiger charge is 2.39. The maximum absolute atomic E-state index is 13.1. The second kappa shape index (κ2) is 4.81. The SMILES string of the molecule is FC1(F)CN[C@H](Cn2cc(-c3sccc3Cl)nn2)C1. The minimum absolute atomic E-state index is 0.165. The Labute approximate surface area is 117 Å². The number of thiophene rings is 1. The van der Waals surface area contributed by atoms with Crippen molar-refractivity contribution in [2.45, 2.75) is 24.9 Å². The normalized spacial score (nSPS) is 21.9. The van der Waals surface area contributed by atoms with E-state index in [4.69, 9.17) is 11.6 Å². The number of hydrogen-bond donors (Lipinski definition) is 1. The van der Waals surface area contributed by atoms with Crippen molar-refractivity contribution < 1.29 is 8.78 Å². The van der Waals surface area contributed by atoms with Crippen molar-refractivity contribution in [1.82, 2.24) is 20.3 Å². The second-order valence-corrected chi connectivity index (χ2v) is 5.88. The van der Waals surface area contributed by atoms with E-state index in [1.54, 1.807) is 16.9 Å². The van der Waals surface area contributed by atoms with Crippen LogP contribution in [-0.4, -0.2) is 33.5 Å². The molecule has 1 aliphatic heterocycles. The fourth-order valence-electron chi connectivity index (χ4n) is 2.12. The van der Waals surface area contributed by atoms with Gasteiger partial charge in [0.15, 0.2) is 0 Å². The lowest BCUT2D eigenvalue weighted by Crippen LogP contribution is -2.27. The smallest absolute Gasteiger partial charge is 0.261 e. The predicted molar refractivity (Wildman–Crippen MR) is 69.7 cm³/mol. The Morgan fingerprint density at radius 2 is 2.42 bits per heavy atom. The molecule has 1 saturated heterocycles. The average molecular weight is 305 g/mol. The van der Waals surface area contributed by atoms with E-state index in [9.17, 15) is 8.78 Å². The number of hydrogen-bond acceptors (Lipinski definition) is 4. The number of halogens is 3. The van der Waals surface area contributed by atoms with Crippen LogP contribution < -0.4 is 5.32 Å². The third-order valence-electron chi connectivity index (χ3n) is 2.99.